The van der Waals surface area contributed by atoms with Crippen molar-refractivity contribution in [2.24, 2.45) is 0 Å². The van der Waals surface area contributed by atoms with Crippen LogP contribution < -0.4 is 10.1 Å². The number of rotatable bonds is 7. The van der Waals surface area contributed by atoms with Gasteiger partial charge in [-0.15, -0.1) is 5.10 Å². The lowest BCUT2D eigenvalue weighted by atomic mass is 9.92. The van der Waals surface area contributed by atoms with Gasteiger partial charge in [0.05, 0.1) is 17.3 Å². The summed E-state index contributed by atoms with van der Waals surface area (Å²) in [7, 11) is 0. The highest BCUT2D eigenvalue weighted by atomic mass is 79.9. The first kappa shape index (κ1) is 25.0. The van der Waals surface area contributed by atoms with Crippen molar-refractivity contribution in [1.82, 2.24) is 15.5 Å². The normalized spacial score (nSPS) is 15.4. The summed E-state index contributed by atoms with van der Waals surface area (Å²) in [5, 5.41) is 10.4. The Morgan fingerprint density at radius 3 is 2.69 bits per heavy atom. The molecular formula is C26H22BrClF3N3O2. The van der Waals surface area contributed by atoms with E-state index >= 15 is 4.39 Å². The number of alkyl halides is 2. The van der Waals surface area contributed by atoms with Crippen LogP contribution in [0.1, 0.15) is 64.3 Å². The molecule has 1 saturated carbocycles. The Bertz CT molecular complexity index is 1330. The Balaban J connectivity index is 1.44. The van der Waals surface area contributed by atoms with Crippen LogP contribution in [-0.4, -0.2) is 22.6 Å². The molecule has 0 atom stereocenters. The molecule has 0 bridgehead atoms. The van der Waals surface area contributed by atoms with Crippen molar-refractivity contribution in [2.75, 3.05) is 6.54 Å². The number of ether oxygens (including phenoxy) is 1. The van der Waals surface area contributed by atoms with E-state index in [1.54, 1.807) is 12.1 Å². The van der Waals surface area contributed by atoms with Gasteiger partial charge in [-0.05, 0) is 73.8 Å². The first-order chi connectivity index (χ1) is 17.2. The van der Waals surface area contributed by atoms with Crippen LogP contribution in [0.5, 0.6) is 11.6 Å². The van der Waals surface area contributed by atoms with Gasteiger partial charge in [0.1, 0.15) is 5.56 Å². The third-order valence-corrected chi connectivity index (χ3v) is 7.26. The van der Waals surface area contributed by atoms with E-state index in [9.17, 15) is 13.6 Å². The maximum atomic E-state index is 15.1. The zero-order valence-electron chi connectivity index (χ0n) is 19.1. The first-order valence-electron chi connectivity index (χ1n) is 11.7. The van der Waals surface area contributed by atoms with Crippen molar-refractivity contribution in [3.63, 3.8) is 0 Å². The number of fused-ring (bicyclic) bond motifs is 1. The zero-order valence-corrected chi connectivity index (χ0v) is 21.4. The standard InChI is InChI=1S/C26H22BrClF3N3O2/c27-15-10-11-18(19(28)12-15)26(30,31)13-32-24(35)22-17-4-1-2-6-20(17)33-34-25(22)36-21-7-3-5-16(23(21)29)14-8-9-14/h3,5,7,10-12,14H,1-2,4,6,8-9,13H2,(H,32,35). The molecule has 0 saturated heterocycles. The van der Waals surface area contributed by atoms with E-state index in [1.165, 1.54) is 24.3 Å². The fourth-order valence-corrected chi connectivity index (χ4v) is 5.25. The highest BCUT2D eigenvalue weighted by Gasteiger charge is 2.36. The molecular weight excluding hydrogens is 559 g/mol. The molecule has 188 valence electrons. The second-order valence-corrected chi connectivity index (χ2v) is 10.4. The molecule has 1 aromatic heterocycles. The Labute approximate surface area is 219 Å². The van der Waals surface area contributed by atoms with E-state index in [1.807, 2.05) is 0 Å². The number of carbonyl (C=O) groups excluding carboxylic acids is 1. The van der Waals surface area contributed by atoms with Crippen molar-refractivity contribution < 1.29 is 22.7 Å². The van der Waals surface area contributed by atoms with Gasteiger partial charge in [-0.3, -0.25) is 4.79 Å². The zero-order chi connectivity index (χ0) is 25.4. The van der Waals surface area contributed by atoms with Crippen LogP contribution in [0.15, 0.2) is 40.9 Å². The van der Waals surface area contributed by atoms with E-state index in [-0.39, 0.29) is 28.1 Å². The van der Waals surface area contributed by atoms with Crippen LogP contribution in [0, 0.1) is 5.82 Å². The SMILES string of the molecule is O=C(NCC(F)(F)c1ccc(Br)cc1Cl)c1c(Oc2cccc(C3CC3)c2F)nnc2c1CCCC2. The van der Waals surface area contributed by atoms with Gasteiger partial charge < -0.3 is 10.1 Å². The van der Waals surface area contributed by atoms with Gasteiger partial charge >= 0.3 is 0 Å². The molecule has 36 heavy (non-hydrogen) atoms. The maximum Gasteiger partial charge on any atom is 0.291 e. The number of hydrogen-bond acceptors (Lipinski definition) is 4. The summed E-state index contributed by atoms with van der Waals surface area (Å²) in [5.74, 6) is -4.86. The lowest BCUT2D eigenvalue weighted by Crippen LogP contribution is -2.36. The smallest absolute Gasteiger partial charge is 0.291 e. The number of nitrogens with one attached hydrogen (secondary N) is 1. The third kappa shape index (κ3) is 5.09. The predicted molar refractivity (Wildman–Crippen MR) is 133 cm³/mol. The topological polar surface area (TPSA) is 64.1 Å². The summed E-state index contributed by atoms with van der Waals surface area (Å²) in [5.41, 5.74) is 1.36. The molecule has 1 amide bonds. The summed E-state index contributed by atoms with van der Waals surface area (Å²) in [4.78, 5) is 13.3. The quantitative estimate of drug-likeness (QED) is 0.324. The summed E-state index contributed by atoms with van der Waals surface area (Å²) >= 11 is 9.21. The van der Waals surface area contributed by atoms with E-state index in [0.29, 0.717) is 34.1 Å². The molecule has 2 aromatic carbocycles. The second kappa shape index (κ2) is 10.0. The number of benzene rings is 2. The van der Waals surface area contributed by atoms with Gasteiger partial charge in [-0.25, -0.2) is 4.39 Å². The number of nitrogens with zero attached hydrogens (tertiary/aromatic N) is 2. The Morgan fingerprint density at radius 2 is 1.94 bits per heavy atom. The summed E-state index contributed by atoms with van der Waals surface area (Å²) in [6, 6.07) is 8.87. The number of amides is 1. The second-order valence-electron chi connectivity index (χ2n) is 9.06. The van der Waals surface area contributed by atoms with Crippen molar-refractivity contribution >= 4 is 33.4 Å². The minimum absolute atomic E-state index is 0.00799. The van der Waals surface area contributed by atoms with Crippen molar-refractivity contribution in [2.45, 2.75) is 50.4 Å². The average Bonchev–Trinajstić information content (AvgIpc) is 3.69. The number of carbonyl (C=O) groups is 1. The lowest BCUT2D eigenvalue weighted by Gasteiger charge is -2.22. The highest BCUT2D eigenvalue weighted by Crippen LogP contribution is 2.43. The van der Waals surface area contributed by atoms with Gasteiger partial charge in [0.2, 0.25) is 0 Å². The monoisotopic (exact) mass is 579 g/mol. The van der Waals surface area contributed by atoms with Crippen LogP contribution in [0.25, 0.3) is 0 Å². The third-order valence-electron chi connectivity index (χ3n) is 6.46. The maximum absolute atomic E-state index is 15.1. The molecule has 0 unspecified atom stereocenters. The Hall–Kier alpha value is -2.65. The largest absolute Gasteiger partial charge is 0.434 e. The van der Waals surface area contributed by atoms with E-state index < -0.39 is 29.8 Å². The molecule has 2 aliphatic carbocycles. The van der Waals surface area contributed by atoms with Crippen LogP contribution in [0.3, 0.4) is 0 Å². The predicted octanol–water partition coefficient (Wildman–Crippen LogP) is 7.10. The van der Waals surface area contributed by atoms with Gasteiger partial charge in [-0.2, -0.15) is 13.9 Å². The van der Waals surface area contributed by atoms with Crippen LogP contribution in [-0.2, 0) is 18.8 Å². The fraction of sp³-hybridized carbons (Fsp3) is 0.346. The summed E-state index contributed by atoms with van der Waals surface area (Å²) < 4.78 is 51.4. The Morgan fingerprint density at radius 1 is 1.17 bits per heavy atom. The summed E-state index contributed by atoms with van der Waals surface area (Å²) in [6.07, 6.45) is 4.62. The molecule has 1 N–H and O–H groups in total. The molecule has 1 heterocycles. The van der Waals surface area contributed by atoms with Crippen molar-refractivity contribution in [3.05, 3.63) is 79.7 Å². The number of aromatic nitrogens is 2. The highest BCUT2D eigenvalue weighted by molar-refractivity contribution is 9.10. The molecule has 2 aliphatic rings. The van der Waals surface area contributed by atoms with Crippen LogP contribution in [0.2, 0.25) is 5.02 Å². The van der Waals surface area contributed by atoms with E-state index in [0.717, 1.165) is 25.7 Å². The summed E-state index contributed by atoms with van der Waals surface area (Å²) in [6.45, 7) is -0.991. The van der Waals surface area contributed by atoms with Gasteiger partial charge in [-0.1, -0.05) is 45.7 Å². The lowest BCUT2D eigenvalue weighted by molar-refractivity contribution is -0.00242. The molecule has 3 aromatic rings. The molecule has 5 nitrogen and oxygen atoms in total. The first-order valence-corrected chi connectivity index (χ1v) is 12.9. The van der Waals surface area contributed by atoms with Crippen molar-refractivity contribution in [3.8, 4) is 11.6 Å². The molecule has 0 spiro atoms. The number of aryl methyl sites for hydroxylation is 1. The number of halogens is 5. The molecule has 0 aliphatic heterocycles. The van der Waals surface area contributed by atoms with Gasteiger partial charge in [0, 0.05) is 10.0 Å². The number of hydrogen-bond donors (Lipinski definition) is 1. The van der Waals surface area contributed by atoms with Crippen LogP contribution >= 0.6 is 27.5 Å². The fourth-order valence-electron chi connectivity index (χ4n) is 4.44. The van der Waals surface area contributed by atoms with E-state index in [2.05, 4.69) is 31.4 Å². The average molecular weight is 581 g/mol. The molecule has 0 radical (unpaired) electrons. The minimum Gasteiger partial charge on any atom is -0.434 e. The molecule has 1 fully saturated rings. The molecule has 5 rings (SSSR count). The van der Waals surface area contributed by atoms with Gasteiger partial charge in [0.15, 0.2) is 11.6 Å². The van der Waals surface area contributed by atoms with Crippen molar-refractivity contribution in [1.29, 1.82) is 0 Å². The Kier molecular flexibility index (Phi) is 6.96. The molecule has 10 heteroatoms. The minimum atomic E-state index is -3.43. The van der Waals surface area contributed by atoms with Gasteiger partial charge in [0.25, 0.3) is 17.7 Å². The van der Waals surface area contributed by atoms with E-state index in [4.69, 9.17) is 16.3 Å². The van der Waals surface area contributed by atoms with Crippen LogP contribution in [0.4, 0.5) is 13.2 Å².